The Hall–Kier alpha value is -3.42. The molecule has 0 saturated carbocycles. The lowest BCUT2D eigenvalue weighted by molar-refractivity contribution is -0.148. The van der Waals surface area contributed by atoms with Crippen LogP contribution < -0.4 is 10.5 Å². The van der Waals surface area contributed by atoms with Crippen molar-refractivity contribution in [3.63, 3.8) is 0 Å². The molecule has 2 saturated heterocycles. The number of hydrogen-bond acceptors (Lipinski definition) is 8. The molecule has 0 spiro atoms. The number of carbonyl (C=O) groups excluding carboxylic acids is 2. The first-order valence-electron chi connectivity index (χ1n) is 13.1. The summed E-state index contributed by atoms with van der Waals surface area (Å²) in [4.78, 5) is 43.6. The summed E-state index contributed by atoms with van der Waals surface area (Å²) >= 11 is 6.84. The standard InChI is InChI=1S/C29H32N4O4S2/c1-5-32-25(31-14-10-13-21(17-31)28(36)37-6-2)22(18(3)23(16-30)26(32)34)15-24-27(35)33(29(38)39-24)19(4)20-11-8-7-9-12-20/h7-9,11-12,15,19,21H,5-6,10,13-14,17H2,1-4H3/b24-15+. The maximum Gasteiger partial charge on any atom is 0.310 e. The van der Waals surface area contributed by atoms with E-state index in [-0.39, 0.29) is 35.0 Å². The number of thiocarbonyl (C=S) groups is 1. The van der Waals surface area contributed by atoms with E-state index in [0.717, 1.165) is 12.0 Å². The summed E-state index contributed by atoms with van der Waals surface area (Å²) in [5, 5.41) is 9.85. The topological polar surface area (TPSA) is 95.6 Å². The fourth-order valence-corrected chi connectivity index (χ4v) is 6.63. The molecule has 2 aliphatic rings. The Bertz CT molecular complexity index is 1430. The zero-order chi connectivity index (χ0) is 28.3. The number of carbonyl (C=O) groups is 2. The smallest absolute Gasteiger partial charge is 0.310 e. The van der Waals surface area contributed by atoms with Gasteiger partial charge in [0.25, 0.3) is 11.5 Å². The number of benzene rings is 1. The number of nitriles is 1. The largest absolute Gasteiger partial charge is 0.466 e. The molecule has 0 N–H and O–H groups in total. The summed E-state index contributed by atoms with van der Waals surface area (Å²) < 4.78 is 7.30. The number of esters is 1. The molecule has 8 nitrogen and oxygen atoms in total. The molecule has 0 bridgehead atoms. The third kappa shape index (κ3) is 5.52. The van der Waals surface area contributed by atoms with Crippen molar-refractivity contribution >= 4 is 52.1 Å². The SMILES string of the molecule is CCOC(=O)C1CCCN(c2c(/C=C3/SC(=S)N(C(C)c4ccccc4)C3=O)c(C)c(C#N)c(=O)n2CC)C1. The van der Waals surface area contributed by atoms with Gasteiger partial charge in [0.2, 0.25) is 0 Å². The van der Waals surface area contributed by atoms with Crippen LogP contribution in [0.3, 0.4) is 0 Å². The minimum absolute atomic E-state index is 0.0407. The van der Waals surface area contributed by atoms with E-state index in [9.17, 15) is 19.6 Å². The molecular formula is C29H32N4O4S2. The summed E-state index contributed by atoms with van der Waals surface area (Å²) in [6.45, 7) is 8.95. The highest BCUT2D eigenvalue weighted by atomic mass is 32.2. The second-order valence-corrected chi connectivity index (χ2v) is 11.2. The van der Waals surface area contributed by atoms with Crippen LogP contribution in [0.4, 0.5) is 5.82 Å². The fraction of sp³-hybridized carbons (Fsp3) is 0.414. The summed E-state index contributed by atoms with van der Waals surface area (Å²) in [5.74, 6) is -0.194. The highest BCUT2D eigenvalue weighted by Crippen LogP contribution is 2.40. The Morgan fingerprint density at radius 3 is 2.64 bits per heavy atom. The Labute approximate surface area is 238 Å². The molecular weight excluding hydrogens is 532 g/mol. The van der Waals surface area contributed by atoms with Gasteiger partial charge in [0.15, 0.2) is 0 Å². The molecule has 2 atom stereocenters. The van der Waals surface area contributed by atoms with E-state index in [0.29, 0.717) is 58.8 Å². The number of nitrogens with zero attached hydrogens (tertiary/aromatic N) is 4. The van der Waals surface area contributed by atoms with Crippen LogP contribution in [0, 0.1) is 24.2 Å². The highest BCUT2D eigenvalue weighted by molar-refractivity contribution is 8.26. The van der Waals surface area contributed by atoms with Gasteiger partial charge in [-0.25, -0.2) is 0 Å². The van der Waals surface area contributed by atoms with Gasteiger partial charge in [0.05, 0.1) is 23.5 Å². The predicted molar refractivity (Wildman–Crippen MR) is 157 cm³/mol. The molecule has 4 rings (SSSR count). The first-order chi connectivity index (χ1) is 18.7. The monoisotopic (exact) mass is 564 g/mol. The summed E-state index contributed by atoms with van der Waals surface area (Å²) in [6, 6.07) is 11.5. The normalized spacial score (nSPS) is 19.4. The van der Waals surface area contributed by atoms with Crippen molar-refractivity contribution in [3.8, 4) is 6.07 Å². The van der Waals surface area contributed by atoms with Crippen LogP contribution in [0.2, 0.25) is 0 Å². The van der Waals surface area contributed by atoms with Crippen LogP contribution >= 0.6 is 24.0 Å². The van der Waals surface area contributed by atoms with Gasteiger partial charge in [0, 0.05) is 25.2 Å². The van der Waals surface area contributed by atoms with Crippen molar-refractivity contribution in [1.29, 1.82) is 5.26 Å². The van der Waals surface area contributed by atoms with E-state index in [4.69, 9.17) is 17.0 Å². The second-order valence-electron chi connectivity index (χ2n) is 9.57. The van der Waals surface area contributed by atoms with Crippen molar-refractivity contribution in [2.45, 2.75) is 53.1 Å². The molecule has 1 amide bonds. The molecule has 2 fully saturated rings. The third-order valence-corrected chi connectivity index (χ3v) is 8.60. The van der Waals surface area contributed by atoms with E-state index in [1.165, 1.54) is 11.8 Å². The zero-order valence-electron chi connectivity index (χ0n) is 22.6. The van der Waals surface area contributed by atoms with Crippen LogP contribution in [0.15, 0.2) is 40.0 Å². The van der Waals surface area contributed by atoms with E-state index < -0.39 is 0 Å². The van der Waals surface area contributed by atoms with E-state index >= 15 is 0 Å². The molecule has 39 heavy (non-hydrogen) atoms. The molecule has 2 aromatic rings. The minimum Gasteiger partial charge on any atom is -0.466 e. The number of rotatable bonds is 7. The van der Waals surface area contributed by atoms with Crippen molar-refractivity contribution < 1.29 is 14.3 Å². The maximum atomic E-state index is 13.7. The first-order valence-corrected chi connectivity index (χ1v) is 14.4. The molecule has 10 heteroatoms. The van der Waals surface area contributed by atoms with Crippen molar-refractivity contribution in [2.75, 3.05) is 24.6 Å². The van der Waals surface area contributed by atoms with Gasteiger partial charge in [-0.2, -0.15) is 5.26 Å². The van der Waals surface area contributed by atoms with Gasteiger partial charge < -0.3 is 9.64 Å². The number of anilines is 1. The summed E-state index contributed by atoms with van der Waals surface area (Å²) in [7, 11) is 0. The summed E-state index contributed by atoms with van der Waals surface area (Å²) in [6.07, 6.45) is 3.20. The van der Waals surface area contributed by atoms with Crippen molar-refractivity contribution in [1.82, 2.24) is 9.47 Å². The molecule has 2 aliphatic heterocycles. The van der Waals surface area contributed by atoms with Crippen LogP contribution in [0.1, 0.15) is 61.9 Å². The number of aromatic nitrogens is 1. The van der Waals surface area contributed by atoms with Gasteiger partial charge in [-0.3, -0.25) is 23.9 Å². The lowest BCUT2D eigenvalue weighted by Crippen LogP contribution is -2.43. The van der Waals surface area contributed by atoms with Crippen molar-refractivity contribution in [2.24, 2.45) is 5.92 Å². The second kappa shape index (κ2) is 12.2. The molecule has 2 unspecified atom stereocenters. The highest BCUT2D eigenvalue weighted by Gasteiger charge is 2.37. The number of ether oxygens (including phenoxy) is 1. The van der Waals surface area contributed by atoms with E-state index in [1.807, 2.05) is 49.1 Å². The molecule has 0 radical (unpaired) electrons. The van der Waals surface area contributed by atoms with Gasteiger partial charge >= 0.3 is 5.97 Å². The van der Waals surface area contributed by atoms with Crippen LogP contribution in [-0.2, 0) is 20.9 Å². The third-order valence-electron chi connectivity index (χ3n) is 7.27. The van der Waals surface area contributed by atoms with Crippen LogP contribution in [0.5, 0.6) is 0 Å². The maximum absolute atomic E-state index is 13.7. The predicted octanol–water partition coefficient (Wildman–Crippen LogP) is 4.79. The minimum atomic E-state index is -0.381. The first kappa shape index (κ1) is 28.6. The Balaban J connectivity index is 1.82. The molecule has 204 valence electrons. The molecule has 1 aromatic heterocycles. The number of pyridine rings is 1. The number of piperidine rings is 1. The van der Waals surface area contributed by atoms with Crippen LogP contribution in [-0.4, -0.2) is 45.4 Å². The van der Waals surface area contributed by atoms with Crippen LogP contribution in [0.25, 0.3) is 6.08 Å². The molecule has 3 heterocycles. The van der Waals surface area contributed by atoms with E-state index in [2.05, 4.69) is 6.07 Å². The van der Waals surface area contributed by atoms with Gasteiger partial charge in [-0.15, -0.1) is 0 Å². The molecule has 0 aliphatic carbocycles. The Morgan fingerprint density at radius 2 is 2.00 bits per heavy atom. The molecule has 1 aromatic carbocycles. The number of hydrogen-bond donors (Lipinski definition) is 0. The average molecular weight is 565 g/mol. The van der Waals surface area contributed by atoms with Gasteiger partial charge in [-0.1, -0.05) is 54.3 Å². The quantitative estimate of drug-likeness (QED) is 0.269. The van der Waals surface area contributed by atoms with Gasteiger partial charge in [-0.05, 0) is 57.7 Å². The number of thioether (sulfide) groups is 1. The lowest BCUT2D eigenvalue weighted by Gasteiger charge is -2.36. The van der Waals surface area contributed by atoms with E-state index in [1.54, 1.807) is 29.4 Å². The summed E-state index contributed by atoms with van der Waals surface area (Å²) in [5.41, 5.74) is 1.75. The zero-order valence-corrected chi connectivity index (χ0v) is 24.2. The number of amides is 1. The average Bonchev–Trinajstić information content (AvgIpc) is 3.22. The fourth-order valence-electron chi connectivity index (χ4n) is 5.23. The lowest BCUT2D eigenvalue weighted by atomic mass is 9.96. The Morgan fingerprint density at radius 1 is 1.28 bits per heavy atom. The van der Waals surface area contributed by atoms with Gasteiger partial charge in [0.1, 0.15) is 21.8 Å². The van der Waals surface area contributed by atoms with Crippen molar-refractivity contribution in [3.05, 3.63) is 67.8 Å². The Kier molecular flexibility index (Phi) is 8.93.